The number of benzene rings is 1. The Balaban J connectivity index is 2.29. The number of rotatable bonds is 2. The number of hydrogen-bond acceptors (Lipinski definition) is 1. The SMILES string of the molecule is CCOC1c2ccccc2C[C@H]1C. The predicted molar refractivity (Wildman–Crippen MR) is 53.7 cm³/mol. The molecule has 0 heterocycles. The molecular weight excluding hydrogens is 160 g/mol. The van der Waals surface area contributed by atoms with E-state index in [1.807, 2.05) is 0 Å². The molecule has 0 aliphatic heterocycles. The van der Waals surface area contributed by atoms with Crippen LogP contribution in [-0.2, 0) is 11.2 Å². The maximum absolute atomic E-state index is 5.74. The second-order valence-electron chi connectivity index (χ2n) is 3.76. The fraction of sp³-hybridized carbons (Fsp3) is 0.500. The van der Waals surface area contributed by atoms with Crippen LogP contribution in [0.4, 0.5) is 0 Å². The Morgan fingerprint density at radius 2 is 2.15 bits per heavy atom. The van der Waals surface area contributed by atoms with Crippen molar-refractivity contribution >= 4 is 0 Å². The molecule has 13 heavy (non-hydrogen) atoms. The second-order valence-corrected chi connectivity index (χ2v) is 3.76. The Morgan fingerprint density at radius 3 is 2.92 bits per heavy atom. The highest BCUT2D eigenvalue weighted by molar-refractivity contribution is 5.34. The summed E-state index contributed by atoms with van der Waals surface area (Å²) in [6.07, 6.45) is 1.50. The highest BCUT2D eigenvalue weighted by Gasteiger charge is 2.28. The van der Waals surface area contributed by atoms with E-state index in [1.54, 1.807) is 0 Å². The van der Waals surface area contributed by atoms with Gasteiger partial charge < -0.3 is 4.74 Å². The molecule has 0 saturated heterocycles. The maximum Gasteiger partial charge on any atom is 0.0856 e. The Hall–Kier alpha value is -0.820. The summed E-state index contributed by atoms with van der Waals surface area (Å²) in [6, 6.07) is 8.62. The lowest BCUT2D eigenvalue weighted by Crippen LogP contribution is -2.07. The first-order valence-corrected chi connectivity index (χ1v) is 5.02. The van der Waals surface area contributed by atoms with Crippen molar-refractivity contribution in [3.05, 3.63) is 35.4 Å². The summed E-state index contributed by atoms with van der Waals surface area (Å²) in [5.41, 5.74) is 2.87. The molecule has 0 amide bonds. The van der Waals surface area contributed by atoms with Gasteiger partial charge in [-0.2, -0.15) is 0 Å². The Labute approximate surface area is 79.7 Å². The van der Waals surface area contributed by atoms with Crippen molar-refractivity contribution in [3.8, 4) is 0 Å². The lowest BCUT2D eigenvalue weighted by molar-refractivity contribution is 0.0338. The van der Waals surface area contributed by atoms with Crippen molar-refractivity contribution in [1.82, 2.24) is 0 Å². The van der Waals surface area contributed by atoms with Crippen molar-refractivity contribution < 1.29 is 4.74 Å². The molecule has 1 aliphatic rings. The van der Waals surface area contributed by atoms with Crippen LogP contribution >= 0.6 is 0 Å². The first-order valence-electron chi connectivity index (χ1n) is 5.02. The summed E-state index contributed by atoms with van der Waals surface area (Å²) in [5, 5.41) is 0. The number of fused-ring (bicyclic) bond motifs is 1. The largest absolute Gasteiger partial charge is 0.374 e. The topological polar surface area (TPSA) is 9.23 Å². The molecule has 0 radical (unpaired) electrons. The van der Waals surface area contributed by atoms with Gasteiger partial charge in [-0.25, -0.2) is 0 Å². The molecular formula is C12H16O. The van der Waals surface area contributed by atoms with E-state index < -0.39 is 0 Å². The van der Waals surface area contributed by atoms with Gasteiger partial charge in [-0.05, 0) is 30.4 Å². The zero-order valence-electron chi connectivity index (χ0n) is 8.29. The van der Waals surface area contributed by atoms with Crippen LogP contribution in [0.25, 0.3) is 0 Å². The van der Waals surface area contributed by atoms with Crippen molar-refractivity contribution in [2.24, 2.45) is 5.92 Å². The van der Waals surface area contributed by atoms with E-state index in [4.69, 9.17) is 4.74 Å². The molecule has 0 N–H and O–H groups in total. The summed E-state index contributed by atoms with van der Waals surface area (Å²) in [6.45, 7) is 5.14. The third kappa shape index (κ3) is 1.49. The third-order valence-electron chi connectivity index (χ3n) is 2.77. The first kappa shape index (κ1) is 8.76. The molecule has 1 unspecified atom stereocenters. The van der Waals surface area contributed by atoms with Crippen LogP contribution in [0.5, 0.6) is 0 Å². The van der Waals surface area contributed by atoms with Crippen LogP contribution in [-0.4, -0.2) is 6.61 Å². The van der Waals surface area contributed by atoms with Gasteiger partial charge in [-0.3, -0.25) is 0 Å². The van der Waals surface area contributed by atoms with Gasteiger partial charge in [0.2, 0.25) is 0 Å². The third-order valence-corrected chi connectivity index (χ3v) is 2.77. The van der Waals surface area contributed by atoms with E-state index in [9.17, 15) is 0 Å². The summed E-state index contributed by atoms with van der Waals surface area (Å²) in [4.78, 5) is 0. The van der Waals surface area contributed by atoms with Crippen LogP contribution in [0.15, 0.2) is 24.3 Å². The molecule has 1 aromatic rings. The Morgan fingerprint density at radius 1 is 1.38 bits per heavy atom. The van der Waals surface area contributed by atoms with E-state index in [-0.39, 0.29) is 0 Å². The number of ether oxygens (including phenoxy) is 1. The van der Waals surface area contributed by atoms with Gasteiger partial charge >= 0.3 is 0 Å². The van der Waals surface area contributed by atoms with Gasteiger partial charge in [-0.15, -0.1) is 0 Å². The predicted octanol–water partition coefficient (Wildman–Crippen LogP) is 2.96. The molecule has 0 fully saturated rings. The van der Waals surface area contributed by atoms with Gasteiger partial charge in [0.25, 0.3) is 0 Å². The minimum Gasteiger partial charge on any atom is -0.374 e. The standard InChI is InChI=1S/C12H16O/c1-3-13-12-9(2)8-10-6-4-5-7-11(10)12/h4-7,9,12H,3,8H2,1-2H3/t9-,12?/m1/s1. The average molecular weight is 176 g/mol. The zero-order chi connectivity index (χ0) is 9.26. The molecule has 0 spiro atoms. The van der Waals surface area contributed by atoms with Crippen LogP contribution < -0.4 is 0 Å². The molecule has 1 nitrogen and oxygen atoms in total. The van der Waals surface area contributed by atoms with Gasteiger partial charge in [0.1, 0.15) is 0 Å². The quantitative estimate of drug-likeness (QED) is 0.673. The molecule has 0 aromatic heterocycles. The number of hydrogen-bond donors (Lipinski definition) is 0. The van der Waals surface area contributed by atoms with E-state index in [0.717, 1.165) is 6.61 Å². The highest BCUT2D eigenvalue weighted by Crippen LogP contribution is 2.37. The maximum atomic E-state index is 5.74. The fourth-order valence-corrected chi connectivity index (χ4v) is 2.19. The molecule has 70 valence electrons. The molecule has 0 saturated carbocycles. The van der Waals surface area contributed by atoms with E-state index in [2.05, 4.69) is 38.1 Å². The van der Waals surface area contributed by atoms with Crippen LogP contribution in [0.3, 0.4) is 0 Å². The van der Waals surface area contributed by atoms with Crippen molar-refractivity contribution in [2.75, 3.05) is 6.61 Å². The molecule has 1 aromatic carbocycles. The van der Waals surface area contributed by atoms with Gasteiger partial charge in [0.05, 0.1) is 6.10 Å². The van der Waals surface area contributed by atoms with Gasteiger partial charge in [-0.1, -0.05) is 31.2 Å². The van der Waals surface area contributed by atoms with Gasteiger partial charge in [0, 0.05) is 6.61 Å². The average Bonchev–Trinajstić information content (AvgIpc) is 2.44. The Bertz CT molecular complexity index is 293. The smallest absolute Gasteiger partial charge is 0.0856 e. The summed E-state index contributed by atoms with van der Waals surface area (Å²) >= 11 is 0. The van der Waals surface area contributed by atoms with Crippen molar-refractivity contribution in [2.45, 2.75) is 26.4 Å². The lowest BCUT2D eigenvalue weighted by Gasteiger charge is -2.16. The zero-order valence-corrected chi connectivity index (χ0v) is 8.29. The van der Waals surface area contributed by atoms with Crippen LogP contribution in [0.1, 0.15) is 31.1 Å². The summed E-state index contributed by atoms with van der Waals surface area (Å²) < 4.78 is 5.74. The summed E-state index contributed by atoms with van der Waals surface area (Å²) in [5.74, 6) is 0.636. The molecule has 0 bridgehead atoms. The minimum absolute atomic E-state index is 0.334. The van der Waals surface area contributed by atoms with Crippen LogP contribution in [0, 0.1) is 5.92 Å². The normalized spacial score (nSPS) is 26.0. The lowest BCUT2D eigenvalue weighted by atomic mass is 10.1. The van der Waals surface area contributed by atoms with Crippen LogP contribution in [0.2, 0.25) is 0 Å². The highest BCUT2D eigenvalue weighted by atomic mass is 16.5. The molecule has 1 heteroatoms. The monoisotopic (exact) mass is 176 g/mol. The van der Waals surface area contributed by atoms with Crippen molar-refractivity contribution in [1.29, 1.82) is 0 Å². The van der Waals surface area contributed by atoms with E-state index in [0.29, 0.717) is 12.0 Å². The Kier molecular flexibility index (Phi) is 2.36. The minimum atomic E-state index is 0.334. The second kappa shape index (κ2) is 3.51. The first-order chi connectivity index (χ1) is 6.33. The molecule has 2 rings (SSSR count). The summed E-state index contributed by atoms with van der Waals surface area (Å²) in [7, 11) is 0. The van der Waals surface area contributed by atoms with E-state index >= 15 is 0 Å². The van der Waals surface area contributed by atoms with E-state index in [1.165, 1.54) is 17.5 Å². The molecule has 2 atom stereocenters. The molecule has 1 aliphatic carbocycles. The van der Waals surface area contributed by atoms with Crippen molar-refractivity contribution in [3.63, 3.8) is 0 Å². The fourth-order valence-electron chi connectivity index (χ4n) is 2.19. The van der Waals surface area contributed by atoms with Gasteiger partial charge in [0.15, 0.2) is 0 Å².